The average Bonchev–Trinajstić information content (AvgIpc) is 2.11. The molecule has 8 heteroatoms. The molecule has 96 valence electrons. The van der Waals surface area contributed by atoms with Crippen molar-refractivity contribution in [2.24, 2.45) is 0 Å². The number of ether oxygens (including phenoxy) is 1. The van der Waals surface area contributed by atoms with Crippen LogP contribution in [0.4, 0.5) is 8.78 Å². The van der Waals surface area contributed by atoms with Gasteiger partial charge in [-0.1, -0.05) is 23.2 Å². The van der Waals surface area contributed by atoms with Crippen LogP contribution in [0.1, 0.15) is 19.3 Å². The molecule has 0 fully saturated rings. The van der Waals surface area contributed by atoms with Gasteiger partial charge in [-0.15, -0.1) is 11.6 Å². The summed E-state index contributed by atoms with van der Waals surface area (Å²) < 4.78 is 27.3. The van der Waals surface area contributed by atoms with Crippen molar-refractivity contribution in [2.45, 2.75) is 34.4 Å². The molecule has 0 aromatic rings. The van der Waals surface area contributed by atoms with Crippen LogP contribution in [0.2, 0.25) is 0 Å². The summed E-state index contributed by atoms with van der Waals surface area (Å²) in [5.41, 5.74) is 0. The Kier molecular flexibility index (Phi) is 6.63. The SMILES string of the molecule is COC(=O)CCC(Cl)CC(Cl)(Cl)C(F)(F)Cl. The zero-order valence-electron chi connectivity index (χ0n) is 8.28. The van der Waals surface area contributed by atoms with Gasteiger partial charge in [0.15, 0.2) is 4.33 Å². The molecule has 0 heterocycles. The van der Waals surface area contributed by atoms with E-state index in [0.29, 0.717) is 0 Å². The fraction of sp³-hybridized carbons (Fsp3) is 0.875. The Hall–Kier alpha value is 0.490. The molecule has 0 aromatic carbocycles. The van der Waals surface area contributed by atoms with Crippen molar-refractivity contribution in [1.82, 2.24) is 0 Å². The van der Waals surface area contributed by atoms with Gasteiger partial charge >= 0.3 is 11.4 Å². The molecule has 0 rings (SSSR count). The molecule has 0 aliphatic carbocycles. The van der Waals surface area contributed by atoms with E-state index in [1.165, 1.54) is 7.11 Å². The standard InChI is InChI=1S/C8H10Cl4F2O2/c1-16-6(15)3-2-5(9)4-7(10,11)8(12,13)14/h5H,2-4H2,1H3. The van der Waals surface area contributed by atoms with Crippen LogP contribution in [0, 0.1) is 0 Å². The van der Waals surface area contributed by atoms with Crippen LogP contribution in [-0.2, 0) is 9.53 Å². The van der Waals surface area contributed by atoms with E-state index in [1.807, 2.05) is 0 Å². The quantitative estimate of drug-likeness (QED) is 0.548. The molecule has 0 aliphatic rings. The van der Waals surface area contributed by atoms with Crippen molar-refractivity contribution in [3.05, 3.63) is 0 Å². The molecule has 2 nitrogen and oxygen atoms in total. The normalized spacial score (nSPS) is 14.7. The van der Waals surface area contributed by atoms with Crippen molar-refractivity contribution >= 4 is 52.4 Å². The molecule has 1 atom stereocenters. The zero-order valence-corrected chi connectivity index (χ0v) is 11.3. The lowest BCUT2D eigenvalue weighted by Gasteiger charge is -2.26. The van der Waals surface area contributed by atoms with E-state index in [4.69, 9.17) is 46.4 Å². The monoisotopic (exact) mass is 316 g/mol. The summed E-state index contributed by atoms with van der Waals surface area (Å²) >= 11 is 21.1. The van der Waals surface area contributed by atoms with E-state index in [-0.39, 0.29) is 12.8 Å². The molecule has 0 saturated heterocycles. The van der Waals surface area contributed by atoms with Crippen LogP contribution < -0.4 is 0 Å². The maximum atomic E-state index is 12.7. The minimum absolute atomic E-state index is 0.00236. The van der Waals surface area contributed by atoms with Crippen molar-refractivity contribution < 1.29 is 18.3 Å². The number of carbonyl (C=O) groups is 1. The van der Waals surface area contributed by atoms with Crippen LogP contribution in [-0.4, -0.2) is 28.2 Å². The Morgan fingerprint density at radius 3 is 2.25 bits per heavy atom. The highest BCUT2D eigenvalue weighted by molar-refractivity contribution is 6.53. The average molecular weight is 318 g/mol. The smallest absolute Gasteiger partial charge is 0.354 e. The predicted molar refractivity (Wildman–Crippen MR) is 60.7 cm³/mol. The summed E-state index contributed by atoms with van der Waals surface area (Å²) in [5.74, 6) is -0.488. The van der Waals surface area contributed by atoms with Gasteiger partial charge in [0.1, 0.15) is 0 Å². The third-order valence-electron chi connectivity index (χ3n) is 1.78. The summed E-state index contributed by atoms with van der Waals surface area (Å²) in [6.45, 7) is 0. The van der Waals surface area contributed by atoms with E-state index in [2.05, 4.69) is 4.74 Å². The first-order valence-corrected chi connectivity index (χ1v) is 5.82. The molecule has 0 N–H and O–H groups in total. The summed E-state index contributed by atoms with van der Waals surface area (Å²) in [6, 6.07) is 0. The molecule has 1 unspecified atom stereocenters. The van der Waals surface area contributed by atoms with Gasteiger partial charge in [0.2, 0.25) is 0 Å². The molecular formula is C8H10Cl4F2O2. The van der Waals surface area contributed by atoms with E-state index in [9.17, 15) is 13.6 Å². The summed E-state index contributed by atoms with van der Waals surface area (Å²) in [4.78, 5) is 10.8. The van der Waals surface area contributed by atoms with Gasteiger partial charge in [-0.25, -0.2) is 0 Å². The fourth-order valence-electron chi connectivity index (χ4n) is 0.872. The molecular weight excluding hydrogens is 308 g/mol. The summed E-state index contributed by atoms with van der Waals surface area (Å²) in [6.07, 6.45) is -0.310. The molecule has 0 amide bonds. The van der Waals surface area contributed by atoms with Crippen LogP contribution in [0.5, 0.6) is 0 Å². The number of carbonyl (C=O) groups excluding carboxylic acids is 1. The molecule has 0 radical (unpaired) electrons. The highest BCUT2D eigenvalue weighted by Gasteiger charge is 2.50. The number of rotatable bonds is 6. The first-order valence-electron chi connectivity index (χ1n) is 4.25. The second-order valence-electron chi connectivity index (χ2n) is 3.12. The molecule has 0 aliphatic heterocycles. The van der Waals surface area contributed by atoms with E-state index >= 15 is 0 Å². The zero-order chi connectivity index (χ0) is 13.0. The van der Waals surface area contributed by atoms with Gasteiger partial charge in [-0.05, 0) is 18.0 Å². The number of methoxy groups -OCH3 is 1. The number of halogens is 6. The van der Waals surface area contributed by atoms with Crippen molar-refractivity contribution in [1.29, 1.82) is 0 Å². The lowest BCUT2D eigenvalue weighted by atomic mass is 10.1. The van der Waals surface area contributed by atoms with Crippen LogP contribution in [0.25, 0.3) is 0 Å². The second-order valence-corrected chi connectivity index (χ2v) is 5.69. The lowest BCUT2D eigenvalue weighted by Crippen LogP contribution is -2.35. The van der Waals surface area contributed by atoms with Gasteiger partial charge in [0.25, 0.3) is 0 Å². The topological polar surface area (TPSA) is 26.3 Å². The predicted octanol–water partition coefficient (Wildman–Crippen LogP) is 3.94. The largest absolute Gasteiger partial charge is 0.469 e. The molecule has 0 spiro atoms. The highest BCUT2D eigenvalue weighted by Crippen LogP contribution is 2.46. The van der Waals surface area contributed by atoms with E-state index in [1.54, 1.807) is 0 Å². The van der Waals surface area contributed by atoms with E-state index < -0.39 is 27.5 Å². The van der Waals surface area contributed by atoms with Crippen molar-refractivity contribution in [3.8, 4) is 0 Å². The minimum Gasteiger partial charge on any atom is -0.469 e. The Bertz CT molecular complexity index is 243. The van der Waals surface area contributed by atoms with Gasteiger partial charge in [-0.3, -0.25) is 4.79 Å². The molecule has 16 heavy (non-hydrogen) atoms. The summed E-state index contributed by atoms with van der Waals surface area (Å²) in [7, 11) is 1.21. The molecule has 0 aromatic heterocycles. The second kappa shape index (κ2) is 6.43. The maximum absolute atomic E-state index is 12.7. The van der Waals surface area contributed by atoms with Crippen LogP contribution >= 0.6 is 46.4 Å². The first-order chi connectivity index (χ1) is 7.10. The third kappa shape index (κ3) is 5.71. The molecule has 0 saturated carbocycles. The van der Waals surface area contributed by atoms with Crippen LogP contribution in [0.15, 0.2) is 0 Å². The maximum Gasteiger partial charge on any atom is 0.354 e. The lowest BCUT2D eigenvalue weighted by molar-refractivity contribution is -0.140. The highest BCUT2D eigenvalue weighted by atomic mass is 35.5. The van der Waals surface area contributed by atoms with Gasteiger partial charge in [-0.2, -0.15) is 8.78 Å². The Balaban J connectivity index is 4.14. The third-order valence-corrected chi connectivity index (χ3v) is 3.45. The van der Waals surface area contributed by atoms with Crippen molar-refractivity contribution in [3.63, 3.8) is 0 Å². The Morgan fingerprint density at radius 2 is 1.88 bits per heavy atom. The molecule has 0 bridgehead atoms. The minimum atomic E-state index is -3.78. The number of alkyl halides is 6. The van der Waals surface area contributed by atoms with Gasteiger partial charge in [0, 0.05) is 18.2 Å². The number of esters is 1. The Labute approximate surface area is 112 Å². The number of hydrogen-bond donors (Lipinski definition) is 0. The van der Waals surface area contributed by atoms with Crippen molar-refractivity contribution in [2.75, 3.05) is 7.11 Å². The van der Waals surface area contributed by atoms with Gasteiger partial charge in [0.05, 0.1) is 7.11 Å². The van der Waals surface area contributed by atoms with Gasteiger partial charge < -0.3 is 4.74 Å². The fourth-order valence-corrected chi connectivity index (χ4v) is 1.82. The summed E-state index contributed by atoms with van der Waals surface area (Å²) in [5, 5.41) is -4.58. The van der Waals surface area contributed by atoms with Crippen LogP contribution in [0.3, 0.4) is 0 Å². The number of hydrogen-bond acceptors (Lipinski definition) is 2. The Morgan fingerprint density at radius 1 is 1.38 bits per heavy atom. The van der Waals surface area contributed by atoms with E-state index in [0.717, 1.165) is 0 Å². The first kappa shape index (κ1) is 16.5.